The molecule has 0 spiro atoms. The van der Waals surface area contributed by atoms with Gasteiger partial charge >= 0.3 is 0 Å². The molecule has 0 aliphatic heterocycles. The van der Waals surface area contributed by atoms with Crippen molar-refractivity contribution in [3.8, 4) is 0 Å². The average molecular weight is 253 g/mol. The van der Waals surface area contributed by atoms with E-state index in [1.54, 1.807) is 0 Å². The molecule has 1 saturated carbocycles. The summed E-state index contributed by atoms with van der Waals surface area (Å²) in [5.41, 5.74) is 2.55. The van der Waals surface area contributed by atoms with Crippen LogP contribution in [0.1, 0.15) is 18.4 Å². The van der Waals surface area contributed by atoms with Gasteiger partial charge in [0.25, 0.3) is 0 Å². The van der Waals surface area contributed by atoms with Crippen molar-refractivity contribution < 1.29 is 5.11 Å². The van der Waals surface area contributed by atoms with E-state index in [0.717, 1.165) is 4.47 Å². The first-order valence-electron chi connectivity index (χ1n) is 4.88. The van der Waals surface area contributed by atoms with Crippen LogP contribution >= 0.6 is 15.9 Å². The minimum atomic E-state index is 0.141. The highest BCUT2D eigenvalue weighted by molar-refractivity contribution is 9.10. The second kappa shape index (κ2) is 4.28. The van der Waals surface area contributed by atoms with Crippen LogP contribution in [-0.4, -0.2) is 11.7 Å². The quantitative estimate of drug-likeness (QED) is 0.876. The molecule has 1 aliphatic rings. The topological polar surface area (TPSA) is 20.2 Å². The van der Waals surface area contributed by atoms with E-state index >= 15 is 0 Å². The van der Waals surface area contributed by atoms with Crippen LogP contribution in [0.15, 0.2) is 34.8 Å². The second-order valence-corrected chi connectivity index (χ2v) is 4.54. The van der Waals surface area contributed by atoms with Crippen LogP contribution in [0.25, 0.3) is 5.57 Å². The van der Waals surface area contributed by atoms with Crippen LogP contribution in [-0.2, 0) is 0 Å². The van der Waals surface area contributed by atoms with Crippen molar-refractivity contribution in [1.82, 2.24) is 0 Å². The number of benzene rings is 1. The fraction of sp³-hybridized carbons (Fsp3) is 0.333. The van der Waals surface area contributed by atoms with Gasteiger partial charge in [-0.1, -0.05) is 34.1 Å². The summed E-state index contributed by atoms with van der Waals surface area (Å²) in [5, 5.41) is 8.94. The van der Waals surface area contributed by atoms with Gasteiger partial charge in [-0.3, -0.25) is 0 Å². The van der Waals surface area contributed by atoms with Crippen molar-refractivity contribution in [2.24, 2.45) is 5.92 Å². The lowest BCUT2D eigenvalue weighted by molar-refractivity contribution is 0.343. The number of halogens is 1. The Balaban J connectivity index is 2.26. The Kier molecular flexibility index (Phi) is 3.04. The number of aliphatic hydroxyl groups is 1. The van der Waals surface area contributed by atoms with E-state index in [9.17, 15) is 0 Å². The molecule has 1 N–H and O–H groups in total. The largest absolute Gasteiger partial charge is 0.392 e. The summed E-state index contributed by atoms with van der Waals surface area (Å²) in [7, 11) is 0. The predicted molar refractivity (Wildman–Crippen MR) is 61.9 cm³/mol. The first kappa shape index (κ1) is 9.94. The molecule has 2 heteroatoms. The number of aliphatic hydroxyl groups excluding tert-OH is 1. The highest BCUT2D eigenvalue weighted by atomic mass is 79.9. The van der Waals surface area contributed by atoms with Gasteiger partial charge in [0.05, 0.1) is 6.61 Å². The number of hydrogen-bond donors (Lipinski definition) is 1. The van der Waals surface area contributed by atoms with Gasteiger partial charge in [0.15, 0.2) is 0 Å². The Hall–Kier alpha value is -0.600. The van der Waals surface area contributed by atoms with Crippen LogP contribution < -0.4 is 0 Å². The Morgan fingerprint density at radius 1 is 1.36 bits per heavy atom. The van der Waals surface area contributed by atoms with Crippen molar-refractivity contribution in [3.63, 3.8) is 0 Å². The van der Waals surface area contributed by atoms with Crippen LogP contribution in [0.2, 0.25) is 0 Å². The van der Waals surface area contributed by atoms with Gasteiger partial charge in [-0.05, 0) is 42.0 Å². The Labute approximate surface area is 92.6 Å². The molecule has 0 saturated heterocycles. The number of rotatable bonds is 3. The summed E-state index contributed by atoms with van der Waals surface area (Å²) in [6.45, 7) is 0.141. The van der Waals surface area contributed by atoms with Crippen molar-refractivity contribution >= 4 is 21.5 Å². The molecule has 1 nitrogen and oxygen atoms in total. The third-order valence-corrected chi connectivity index (χ3v) is 3.03. The lowest BCUT2D eigenvalue weighted by Crippen LogP contribution is -1.88. The molecule has 0 unspecified atom stereocenters. The Morgan fingerprint density at radius 3 is 2.50 bits per heavy atom. The molecule has 1 fully saturated rings. The summed E-state index contributed by atoms with van der Waals surface area (Å²) in [6, 6.07) is 8.29. The van der Waals surface area contributed by atoms with E-state index in [4.69, 9.17) is 5.11 Å². The summed E-state index contributed by atoms with van der Waals surface area (Å²) < 4.78 is 1.10. The summed E-state index contributed by atoms with van der Waals surface area (Å²) in [6.07, 6.45) is 4.46. The minimum absolute atomic E-state index is 0.141. The van der Waals surface area contributed by atoms with E-state index in [0.29, 0.717) is 5.92 Å². The van der Waals surface area contributed by atoms with Crippen LogP contribution in [0.4, 0.5) is 0 Å². The molecule has 0 radical (unpaired) electrons. The lowest BCUT2D eigenvalue weighted by Gasteiger charge is -2.05. The smallest absolute Gasteiger partial charge is 0.0618 e. The third-order valence-electron chi connectivity index (χ3n) is 2.51. The van der Waals surface area contributed by atoms with Crippen LogP contribution in [0, 0.1) is 5.92 Å². The molecular weight excluding hydrogens is 240 g/mol. The first-order chi connectivity index (χ1) is 6.81. The zero-order chi connectivity index (χ0) is 9.97. The Bertz CT molecular complexity index is 336. The molecule has 0 aromatic heterocycles. The van der Waals surface area contributed by atoms with Crippen LogP contribution in [0.5, 0.6) is 0 Å². The molecule has 0 bridgehead atoms. The molecule has 0 amide bonds. The fourth-order valence-electron chi connectivity index (χ4n) is 1.66. The number of hydrogen-bond acceptors (Lipinski definition) is 1. The standard InChI is InChI=1S/C12H13BrO/c13-11-5-3-10(4-6-11)12(7-8-14)9-1-2-9/h3-7,9,14H,1-2,8H2/b12-7-. The number of allylic oxidation sites excluding steroid dienone is 1. The maximum absolute atomic E-state index is 8.94. The van der Waals surface area contributed by atoms with Crippen molar-refractivity contribution in [1.29, 1.82) is 0 Å². The zero-order valence-electron chi connectivity index (χ0n) is 7.91. The molecule has 2 rings (SSSR count). The van der Waals surface area contributed by atoms with Crippen molar-refractivity contribution in [2.75, 3.05) is 6.61 Å². The average Bonchev–Trinajstić information content (AvgIpc) is 2.99. The third kappa shape index (κ3) is 2.25. The molecule has 14 heavy (non-hydrogen) atoms. The fourth-order valence-corrected chi connectivity index (χ4v) is 1.92. The molecule has 0 atom stereocenters. The first-order valence-corrected chi connectivity index (χ1v) is 5.67. The van der Waals surface area contributed by atoms with Crippen molar-refractivity contribution in [2.45, 2.75) is 12.8 Å². The van der Waals surface area contributed by atoms with E-state index in [1.807, 2.05) is 18.2 Å². The molecule has 0 heterocycles. The highest BCUT2D eigenvalue weighted by Gasteiger charge is 2.26. The summed E-state index contributed by atoms with van der Waals surface area (Å²) >= 11 is 3.42. The van der Waals surface area contributed by atoms with Gasteiger partial charge in [0, 0.05) is 4.47 Å². The molecule has 1 aliphatic carbocycles. The van der Waals surface area contributed by atoms with Gasteiger partial charge in [-0.15, -0.1) is 0 Å². The zero-order valence-corrected chi connectivity index (χ0v) is 9.50. The van der Waals surface area contributed by atoms with Crippen LogP contribution in [0.3, 0.4) is 0 Å². The van der Waals surface area contributed by atoms with E-state index in [-0.39, 0.29) is 6.61 Å². The van der Waals surface area contributed by atoms with E-state index in [2.05, 4.69) is 28.1 Å². The molecule has 1 aromatic carbocycles. The highest BCUT2D eigenvalue weighted by Crippen LogP contribution is 2.41. The maximum atomic E-state index is 8.94. The molecule has 74 valence electrons. The van der Waals surface area contributed by atoms with E-state index in [1.165, 1.54) is 24.0 Å². The van der Waals surface area contributed by atoms with Gasteiger partial charge in [-0.2, -0.15) is 0 Å². The normalized spacial score (nSPS) is 17.1. The monoisotopic (exact) mass is 252 g/mol. The maximum Gasteiger partial charge on any atom is 0.0618 e. The SMILES string of the molecule is OC/C=C(\c1ccc(Br)cc1)C1CC1. The molecular formula is C12H13BrO. The van der Waals surface area contributed by atoms with E-state index < -0.39 is 0 Å². The summed E-state index contributed by atoms with van der Waals surface area (Å²) in [5.74, 6) is 0.684. The van der Waals surface area contributed by atoms with Gasteiger partial charge in [0.2, 0.25) is 0 Å². The Morgan fingerprint density at radius 2 is 2.00 bits per heavy atom. The second-order valence-electron chi connectivity index (χ2n) is 3.62. The minimum Gasteiger partial charge on any atom is -0.392 e. The lowest BCUT2D eigenvalue weighted by atomic mass is 10.0. The molecule has 1 aromatic rings. The van der Waals surface area contributed by atoms with Gasteiger partial charge in [-0.25, -0.2) is 0 Å². The van der Waals surface area contributed by atoms with Crippen molar-refractivity contribution in [3.05, 3.63) is 40.4 Å². The van der Waals surface area contributed by atoms with Gasteiger partial charge < -0.3 is 5.11 Å². The van der Waals surface area contributed by atoms with Gasteiger partial charge in [0.1, 0.15) is 0 Å². The summed E-state index contributed by atoms with van der Waals surface area (Å²) in [4.78, 5) is 0. The predicted octanol–water partition coefficient (Wildman–Crippen LogP) is 3.23.